The summed E-state index contributed by atoms with van der Waals surface area (Å²) in [4.78, 5) is 0. The number of hydrogen-bond donors (Lipinski definition) is 0. The minimum atomic E-state index is -0.353. The fourth-order valence-corrected chi connectivity index (χ4v) is 3.10. The standard InChI is InChI=1S/C14H26O3/c1-3-7-13(9-5-11-15-13)17-14(8-4-2)10-6-12-16-14/h3-12H2,1-2H3. The Morgan fingerprint density at radius 3 is 1.65 bits per heavy atom. The van der Waals surface area contributed by atoms with Crippen LogP contribution in [0.15, 0.2) is 0 Å². The molecular weight excluding hydrogens is 216 g/mol. The van der Waals surface area contributed by atoms with E-state index in [0.29, 0.717) is 0 Å². The lowest BCUT2D eigenvalue weighted by Gasteiger charge is -2.38. The molecule has 0 amide bonds. The Balaban J connectivity index is 2.04. The average molecular weight is 242 g/mol. The monoisotopic (exact) mass is 242 g/mol. The summed E-state index contributed by atoms with van der Waals surface area (Å²) < 4.78 is 18.2. The topological polar surface area (TPSA) is 27.7 Å². The van der Waals surface area contributed by atoms with Crippen LogP contribution >= 0.6 is 0 Å². The van der Waals surface area contributed by atoms with Crippen molar-refractivity contribution in [2.45, 2.75) is 76.8 Å². The lowest BCUT2D eigenvalue weighted by molar-refractivity contribution is -0.339. The first-order valence-corrected chi connectivity index (χ1v) is 7.22. The van der Waals surface area contributed by atoms with Gasteiger partial charge in [0.25, 0.3) is 0 Å². The van der Waals surface area contributed by atoms with Crippen LogP contribution in [-0.2, 0) is 14.2 Å². The van der Waals surface area contributed by atoms with Gasteiger partial charge >= 0.3 is 0 Å². The molecule has 2 fully saturated rings. The molecule has 2 heterocycles. The molecule has 2 aliphatic heterocycles. The summed E-state index contributed by atoms with van der Waals surface area (Å²) >= 11 is 0. The molecule has 2 atom stereocenters. The maximum Gasteiger partial charge on any atom is 0.171 e. The van der Waals surface area contributed by atoms with Crippen molar-refractivity contribution >= 4 is 0 Å². The van der Waals surface area contributed by atoms with Gasteiger partial charge in [-0.1, -0.05) is 26.7 Å². The van der Waals surface area contributed by atoms with E-state index in [9.17, 15) is 0 Å². The molecule has 0 aliphatic carbocycles. The molecule has 2 unspecified atom stereocenters. The summed E-state index contributed by atoms with van der Waals surface area (Å²) in [5.41, 5.74) is 0. The molecule has 2 rings (SSSR count). The Bertz CT molecular complexity index is 204. The summed E-state index contributed by atoms with van der Waals surface area (Å²) in [5.74, 6) is -0.706. The smallest absolute Gasteiger partial charge is 0.171 e. The van der Waals surface area contributed by atoms with E-state index in [2.05, 4.69) is 13.8 Å². The molecule has 2 aliphatic rings. The van der Waals surface area contributed by atoms with Gasteiger partial charge in [-0.15, -0.1) is 0 Å². The van der Waals surface area contributed by atoms with Crippen LogP contribution < -0.4 is 0 Å². The van der Waals surface area contributed by atoms with Crippen molar-refractivity contribution in [2.24, 2.45) is 0 Å². The minimum absolute atomic E-state index is 0.353. The summed E-state index contributed by atoms with van der Waals surface area (Å²) in [7, 11) is 0. The van der Waals surface area contributed by atoms with E-state index in [1.807, 2.05) is 0 Å². The molecule has 0 saturated carbocycles. The number of hydrogen-bond acceptors (Lipinski definition) is 3. The van der Waals surface area contributed by atoms with E-state index in [0.717, 1.165) is 64.6 Å². The van der Waals surface area contributed by atoms with Crippen molar-refractivity contribution < 1.29 is 14.2 Å². The highest BCUT2D eigenvalue weighted by Crippen LogP contribution is 2.41. The second kappa shape index (κ2) is 5.68. The quantitative estimate of drug-likeness (QED) is 0.712. The normalized spacial score (nSPS) is 37.8. The fourth-order valence-electron chi connectivity index (χ4n) is 3.10. The van der Waals surface area contributed by atoms with Crippen LogP contribution in [0.25, 0.3) is 0 Å². The van der Waals surface area contributed by atoms with Crippen molar-refractivity contribution in [1.29, 1.82) is 0 Å². The fraction of sp³-hybridized carbons (Fsp3) is 1.00. The third-order valence-corrected chi connectivity index (χ3v) is 3.77. The zero-order valence-electron chi connectivity index (χ0n) is 11.3. The largest absolute Gasteiger partial charge is 0.350 e. The Morgan fingerprint density at radius 2 is 1.35 bits per heavy atom. The molecular formula is C14H26O3. The van der Waals surface area contributed by atoms with E-state index in [1.165, 1.54) is 0 Å². The van der Waals surface area contributed by atoms with Crippen molar-refractivity contribution in [1.82, 2.24) is 0 Å². The molecule has 17 heavy (non-hydrogen) atoms. The van der Waals surface area contributed by atoms with Crippen molar-refractivity contribution in [3.8, 4) is 0 Å². The van der Waals surface area contributed by atoms with Crippen LogP contribution in [0.4, 0.5) is 0 Å². The third-order valence-electron chi connectivity index (χ3n) is 3.77. The molecule has 0 bridgehead atoms. The van der Waals surface area contributed by atoms with Crippen LogP contribution in [0.3, 0.4) is 0 Å². The van der Waals surface area contributed by atoms with E-state index < -0.39 is 0 Å². The molecule has 0 aromatic carbocycles. The zero-order valence-corrected chi connectivity index (χ0v) is 11.3. The van der Waals surface area contributed by atoms with Gasteiger partial charge in [0.15, 0.2) is 11.6 Å². The Kier molecular flexibility index (Phi) is 4.45. The van der Waals surface area contributed by atoms with E-state index in [-0.39, 0.29) is 11.6 Å². The lowest BCUT2D eigenvalue weighted by Crippen LogP contribution is -2.44. The van der Waals surface area contributed by atoms with Crippen molar-refractivity contribution in [3.63, 3.8) is 0 Å². The summed E-state index contributed by atoms with van der Waals surface area (Å²) in [5, 5.41) is 0. The van der Waals surface area contributed by atoms with Gasteiger partial charge in [-0.2, -0.15) is 0 Å². The van der Waals surface area contributed by atoms with Gasteiger partial charge in [0, 0.05) is 25.7 Å². The van der Waals surface area contributed by atoms with E-state index >= 15 is 0 Å². The molecule has 0 aromatic rings. The number of ether oxygens (including phenoxy) is 3. The van der Waals surface area contributed by atoms with Gasteiger partial charge in [-0.3, -0.25) is 0 Å². The van der Waals surface area contributed by atoms with Crippen molar-refractivity contribution in [2.75, 3.05) is 13.2 Å². The Hall–Kier alpha value is -0.120. The summed E-state index contributed by atoms with van der Waals surface area (Å²) in [6, 6.07) is 0. The van der Waals surface area contributed by atoms with E-state index in [4.69, 9.17) is 14.2 Å². The van der Waals surface area contributed by atoms with Gasteiger partial charge in [0.05, 0.1) is 13.2 Å². The molecule has 0 radical (unpaired) electrons. The van der Waals surface area contributed by atoms with Gasteiger partial charge < -0.3 is 14.2 Å². The first-order chi connectivity index (χ1) is 8.24. The van der Waals surface area contributed by atoms with Gasteiger partial charge in [0.2, 0.25) is 0 Å². The summed E-state index contributed by atoms with van der Waals surface area (Å²) in [6.07, 6.45) is 8.45. The van der Waals surface area contributed by atoms with Crippen LogP contribution in [-0.4, -0.2) is 24.8 Å². The highest BCUT2D eigenvalue weighted by Gasteiger charge is 2.46. The molecule has 3 heteroatoms. The van der Waals surface area contributed by atoms with Crippen LogP contribution in [0.2, 0.25) is 0 Å². The maximum atomic E-state index is 6.38. The molecule has 0 N–H and O–H groups in total. The second-order valence-corrected chi connectivity index (χ2v) is 5.33. The maximum absolute atomic E-state index is 6.38. The molecule has 2 saturated heterocycles. The Morgan fingerprint density at radius 1 is 0.882 bits per heavy atom. The SMILES string of the molecule is CCCC1(OC2(CCC)CCCO2)CCCO1. The Labute approximate surface area is 105 Å². The first kappa shape index (κ1) is 13.3. The van der Waals surface area contributed by atoms with Gasteiger partial charge in [-0.25, -0.2) is 0 Å². The first-order valence-electron chi connectivity index (χ1n) is 7.22. The van der Waals surface area contributed by atoms with Crippen LogP contribution in [0, 0.1) is 0 Å². The highest BCUT2D eigenvalue weighted by atomic mass is 16.8. The second-order valence-electron chi connectivity index (χ2n) is 5.33. The van der Waals surface area contributed by atoms with Crippen LogP contribution in [0.5, 0.6) is 0 Å². The zero-order chi connectivity index (χ0) is 12.2. The van der Waals surface area contributed by atoms with Gasteiger partial charge in [-0.05, 0) is 12.8 Å². The molecule has 3 nitrogen and oxygen atoms in total. The van der Waals surface area contributed by atoms with Crippen LogP contribution in [0.1, 0.15) is 65.2 Å². The third kappa shape index (κ3) is 3.01. The molecule has 0 spiro atoms. The average Bonchev–Trinajstić information content (AvgIpc) is 2.91. The lowest BCUT2D eigenvalue weighted by atomic mass is 10.0. The van der Waals surface area contributed by atoms with Crippen molar-refractivity contribution in [3.05, 3.63) is 0 Å². The van der Waals surface area contributed by atoms with E-state index in [1.54, 1.807) is 0 Å². The highest BCUT2D eigenvalue weighted by molar-refractivity contribution is 4.83. The summed E-state index contributed by atoms with van der Waals surface area (Å²) in [6.45, 7) is 6.05. The number of rotatable bonds is 6. The van der Waals surface area contributed by atoms with Gasteiger partial charge in [0.1, 0.15) is 0 Å². The predicted octanol–water partition coefficient (Wildman–Crippen LogP) is 3.62. The predicted molar refractivity (Wildman–Crippen MR) is 66.7 cm³/mol. The molecule has 100 valence electrons. The minimum Gasteiger partial charge on any atom is -0.350 e. The molecule has 0 aromatic heterocycles.